The average Bonchev–Trinajstić information content (AvgIpc) is 2.92. The minimum atomic E-state index is 0.181. The highest BCUT2D eigenvalue weighted by molar-refractivity contribution is 5.80. The molecule has 2 aliphatic heterocycles. The highest BCUT2D eigenvalue weighted by Gasteiger charge is 2.28. The fourth-order valence-electron chi connectivity index (χ4n) is 4.01. The highest BCUT2D eigenvalue weighted by Crippen LogP contribution is 2.21. The predicted molar refractivity (Wildman–Crippen MR) is 94.5 cm³/mol. The number of carbonyl (C=O) groups is 2. The minimum absolute atomic E-state index is 0.181. The Hall–Kier alpha value is -1.36. The molecule has 0 radical (unpaired) electrons. The Morgan fingerprint density at radius 1 is 0.833 bits per heavy atom. The maximum Gasteiger partial charge on any atom is 0.236 e. The van der Waals surface area contributed by atoms with Crippen molar-refractivity contribution in [1.82, 2.24) is 14.7 Å². The second-order valence-corrected chi connectivity index (χ2v) is 7.38. The van der Waals surface area contributed by atoms with Crippen molar-refractivity contribution < 1.29 is 9.59 Å². The van der Waals surface area contributed by atoms with Crippen LogP contribution in [0, 0.1) is 5.92 Å². The second-order valence-electron chi connectivity index (χ2n) is 7.38. The van der Waals surface area contributed by atoms with Gasteiger partial charge >= 0.3 is 0 Å². The van der Waals surface area contributed by atoms with Gasteiger partial charge < -0.3 is 9.80 Å². The van der Waals surface area contributed by atoms with Crippen LogP contribution in [0.15, 0.2) is 12.2 Å². The molecule has 0 saturated carbocycles. The fraction of sp³-hybridized carbons (Fsp3) is 0.789. The molecule has 2 fully saturated rings. The van der Waals surface area contributed by atoms with Gasteiger partial charge in [0.05, 0.1) is 6.54 Å². The summed E-state index contributed by atoms with van der Waals surface area (Å²) in [7, 11) is 0. The van der Waals surface area contributed by atoms with Gasteiger partial charge in [-0.1, -0.05) is 25.0 Å². The van der Waals surface area contributed by atoms with E-state index in [0.717, 1.165) is 71.4 Å². The zero-order valence-electron chi connectivity index (χ0n) is 14.8. The Morgan fingerprint density at radius 3 is 2.17 bits per heavy atom. The summed E-state index contributed by atoms with van der Waals surface area (Å²) in [5.41, 5.74) is 0. The first-order chi connectivity index (χ1) is 11.7. The number of rotatable bonds is 3. The van der Waals surface area contributed by atoms with Crippen molar-refractivity contribution in [3.05, 3.63) is 12.2 Å². The third kappa shape index (κ3) is 4.59. The SMILES string of the molecule is O=C(CN1CCN(C(=O)C2CC=CCC2)CC1)N1CCCCCC1. The number of amides is 2. The standard InChI is InChI=1S/C19H31N3O2/c23-18(21-10-6-1-2-7-11-21)16-20-12-14-22(15-13-20)19(24)17-8-4-3-5-9-17/h3-4,17H,1-2,5-16H2. The van der Waals surface area contributed by atoms with E-state index in [9.17, 15) is 9.59 Å². The van der Waals surface area contributed by atoms with Crippen LogP contribution in [0.4, 0.5) is 0 Å². The first-order valence-electron chi connectivity index (χ1n) is 9.68. The van der Waals surface area contributed by atoms with E-state index >= 15 is 0 Å². The van der Waals surface area contributed by atoms with Crippen molar-refractivity contribution >= 4 is 11.8 Å². The summed E-state index contributed by atoms with van der Waals surface area (Å²) >= 11 is 0. The predicted octanol–water partition coefficient (Wildman–Crippen LogP) is 1.89. The van der Waals surface area contributed by atoms with Crippen molar-refractivity contribution in [2.45, 2.75) is 44.9 Å². The molecule has 2 amide bonds. The zero-order chi connectivity index (χ0) is 16.8. The molecule has 2 heterocycles. The lowest BCUT2D eigenvalue weighted by Gasteiger charge is -2.37. The number of hydrogen-bond donors (Lipinski definition) is 0. The van der Waals surface area contributed by atoms with Crippen LogP contribution in [-0.2, 0) is 9.59 Å². The van der Waals surface area contributed by atoms with Gasteiger partial charge in [-0.15, -0.1) is 0 Å². The summed E-state index contributed by atoms with van der Waals surface area (Å²) in [5.74, 6) is 0.771. The highest BCUT2D eigenvalue weighted by atomic mass is 16.2. The lowest BCUT2D eigenvalue weighted by Crippen LogP contribution is -2.52. The summed E-state index contributed by atoms with van der Waals surface area (Å²) in [6.45, 7) is 5.56. The molecule has 1 unspecified atom stereocenters. The maximum atomic E-state index is 12.6. The smallest absolute Gasteiger partial charge is 0.236 e. The number of allylic oxidation sites excluding steroid dienone is 2. The van der Waals surface area contributed by atoms with E-state index in [0.29, 0.717) is 12.5 Å². The van der Waals surface area contributed by atoms with Crippen molar-refractivity contribution in [3.8, 4) is 0 Å². The molecule has 3 aliphatic rings. The Morgan fingerprint density at radius 2 is 1.54 bits per heavy atom. The van der Waals surface area contributed by atoms with Crippen LogP contribution < -0.4 is 0 Å². The molecule has 2 saturated heterocycles. The average molecular weight is 333 g/mol. The van der Waals surface area contributed by atoms with Gasteiger partial charge in [-0.05, 0) is 32.1 Å². The van der Waals surface area contributed by atoms with E-state index in [1.165, 1.54) is 12.8 Å². The lowest BCUT2D eigenvalue weighted by molar-refractivity contribution is -0.138. The zero-order valence-corrected chi connectivity index (χ0v) is 14.8. The van der Waals surface area contributed by atoms with Crippen molar-refractivity contribution in [2.24, 2.45) is 5.92 Å². The molecule has 3 rings (SSSR count). The second kappa shape index (κ2) is 8.65. The van der Waals surface area contributed by atoms with Crippen molar-refractivity contribution in [2.75, 3.05) is 45.8 Å². The van der Waals surface area contributed by atoms with Gasteiger partial charge in [-0.2, -0.15) is 0 Å². The molecular formula is C19H31N3O2. The number of hydrogen-bond acceptors (Lipinski definition) is 3. The topological polar surface area (TPSA) is 43.9 Å². The summed E-state index contributed by atoms with van der Waals surface area (Å²) < 4.78 is 0. The van der Waals surface area contributed by atoms with Crippen molar-refractivity contribution in [3.63, 3.8) is 0 Å². The van der Waals surface area contributed by atoms with E-state index in [1.807, 2.05) is 9.80 Å². The van der Waals surface area contributed by atoms with Gasteiger partial charge in [-0.25, -0.2) is 0 Å². The Kier molecular flexibility index (Phi) is 6.30. The third-order valence-electron chi connectivity index (χ3n) is 5.62. The summed E-state index contributed by atoms with van der Waals surface area (Å²) in [6, 6.07) is 0. The normalized spacial score (nSPS) is 26.2. The van der Waals surface area contributed by atoms with E-state index < -0.39 is 0 Å². The third-order valence-corrected chi connectivity index (χ3v) is 5.62. The molecule has 1 atom stereocenters. The van der Waals surface area contributed by atoms with E-state index in [-0.39, 0.29) is 11.8 Å². The molecule has 0 aromatic heterocycles. The Bertz CT molecular complexity index is 461. The molecule has 0 N–H and O–H groups in total. The van der Waals surface area contributed by atoms with Gasteiger partial charge in [0.1, 0.15) is 0 Å². The first kappa shape index (κ1) is 17.5. The molecule has 5 heteroatoms. The maximum absolute atomic E-state index is 12.6. The van der Waals surface area contributed by atoms with Crippen LogP contribution in [0.25, 0.3) is 0 Å². The Labute approximate surface area is 145 Å². The molecule has 0 bridgehead atoms. The van der Waals surface area contributed by atoms with Crippen molar-refractivity contribution in [1.29, 1.82) is 0 Å². The van der Waals surface area contributed by atoms with Gasteiger partial charge in [0.2, 0.25) is 11.8 Å². The number of carbonyl (C=O) groups excluding carboxylic acids is 2. The molecule has 1 aliphatic carbocycles. The lowest BCUT2D eigenvalue weighted by atomic mass is 9.93. The van der Waals surface area contributed by atoms with Crippen LogP contribution in [0.5, 0.6) is 0 Å². The van der Waals surface area contributed by atoms with Crippen LogP contribution in [0.3, 0.4) is 0 Å². The summed E-state index contributed by atoms with van der Waals surface area (Å²) in [5, 5.41) is 0. The van der Waals surface area contributed by atoms with Crippen LogP contribution in [0.2, 0.25) is 0 Å². The van der Waals surface area contributed by atoms with E-state index in [2.05, 4.69) is 17.1 Å². The number of nitrogens with zero attached hydrogens (tertiary/aromatic N) is 3. The minimum Gasteiger partial charge on any atom is -0.342 e. The van der Waals surface area contributed by atoms with E-state index in [4.69, 9.17) is 0 Å². The number of piperazine rings is 1. The van der Waals surface area contributed by atoms with Gasteiger partial charge in [0, 0.05) is 45.2 Å². The molecule has 0 aromatic carbocycles. The van der Waals surface area contributed by atoms with Crippen LogP contribution in [-0.4, -0.2) is 72.3 Å². The molecule has 134 valence electrons. The molecule has 0 aromatic rings. The first-order valence-corrected chi connectivity index (χ1v) is 9.68. The molecule has 0 spiro atoms. The summed E-state index contributed by atoms with van der Waals surface area (Å²) in [6.07, 6.45) is 12.0. The van der Waals surface area contributed by atoms with Gasteiger partial charge in [0.25, 0.3) is 0 Å². The largest absolute Gasteiger partial charge is 0.342 e. The quantitative estimate of drug-likeness (QED) is 0.741. The monoisotopic (exact) mass is 333 g/mol. The number of likely N-dealkylation sites (tertiary alicyclic amines) is 1. The van der Waals surface area contributed by atoms with Crippen LogP contribution >= 0.6 is 0 Å². The summed E-state index contributed by atoms with van der Waals surface area (Å²) in [4.78, 5) is 31.3. The molecular weight excluding hydrogens is 302 g/mol. The molecule has 5 nitrogen and oxygen atoms in total. The molecule has 24 heavy (non-hydrogen) atoms. The van der Waals surface area contributed by atoms with Gasteiger partial charge in [-0.3, -0.25) is 14.5 Å². The Balaban J connectivity index is 1.42. The van der Waals surface area contributed by atoms with E-state index in [1.54, 1.807) is 0 Å². The fourth-order valence-corrected chi connectivity index (χ4v) is 4.01. The van der Waals surface area contributed by atoms with Gasteiger partial charge in [0.15, 0.2) is 0 Å². The van der Waals surface area contributed by atoms with Crippen LogP contribution in [0.1, 0.15) is 44.9 Å².